The lowest BCUT2D eigenvalue weighted by atomic mass is 10.2. The van der Waals surface area contributed by atoms with Crippen molar-refractivity contribution in [2.24, 2.45) is 0 Å². The number of amides is 1. The lowest BCUT2D eigenvalue weighted by Crippen LogP contribution is -2.35. The van der Waals surface area contributed by atoms with Crippen molar-refractivity contribution in [2.45, 2.75) is 31.7 Å². The fourth-order valence-electron chi connectivity index (χ4n) is 2.41. The van der Waals surface area contributed by atoms with Gasteiger partial charge in [0.05, 0.1) is 12.7 Å². The Kier molecular flexibility index (Phi) is 5.03. The van der Waals surface area contributed by atoms with Crippen molar-refractivity contribution in [1.29, 1.82) is 0 Å². The van der Waals surface area contributed by atoms with Crippen LogP contribution in [0.3, 0.4) is 0 Å². The third kappa shape index (κ3) is 4.37. The number of hydrogen-bond acceptors (Lipinski definition) is 5. The van der Waals surface area contributed by atoms with Gasteiger partial charge >= 0.3 is 5.97 Å². The van der Waals surface area contributed by atoms with Crippen molar-refractivity contribution >= 4 is 17.6 Å². The van der Waals surface area contributed by atoms with E-state index in [1.807, 2.05) is 0 Å². The second kappa shape index (κ2) is 6.97. The summed E-state index contributed by atoms with van der Waals surface area (Å²) in [6, 6.07) is 4.82. The number of rotatable bonds is 5. The Balaban J connectivity index is 1.86. The first kappa shape index (κ1) is 15.2. The van der Waals surface area contributed by atoms with E-state index in [0.29, 0.717) is 11.4 Å². The molecular weight excluding hydrogens is 272 g/mol. The molecule has 1 aliphatic carbocycles. The Morgan fingerprint density at radius 3 is 2.67 bits per heavy atom. The van der Waals surface area contributed by atoms with Gasteiger partial charge in [-0.25, -0.2) is 4.79 Å². The Bertz CT molecular complexity index is 524. The first-order valence-electron chi connectivity index (χ1n) is 6.99. The third-order valence-corrected chi connectivity index (χ3v) is 3.45. The van der Waals surface area contributed by atoms with Crippen LogP contribution in [0, 0.1) is 0 Å². The summed E-state index contributed by atoms with van der Waals surface area (Å²) >= 11 is 0. The summed E-state index contributed by atoms with van der Waals surface area (Å²) in [6.45, 7) is -0.285. The molecule has 0 spiro atoms. The van der Waals surface area contributed by atoms with Crippen LogP contribution in [0.4, 0.5) is 5.69 Å². The van der Waals surface area contributed by atoms with Crippen LogP contribution in [-0.4, -0.2) is 31.6 Å². The van der Waals surface area contributed by atoms with E-state index in [9.17, 15) is 9.59 Å². The first-order chi connectivity index (χ1) is 10.1. The lowest BCUT2D eigenvalue weighted by Gasteiger charge is -2.12. The summed E-state index contributed by atoms with van der Waals surface area (Å²) in [7, 11) is 1.49. The topological polar surface area (TPSA) is 90.7 Å². The second-order valence-electron chi connectivity index (χ2n) is 5.12. The highest BCUT2D eigenvalue weighted by atomic mass is 16.5. The van der Waals surface area contributed by atoms with Gasteiger partial charge in [0.2, 0.25) is 0 Å². The van der Waals surface area contributed by atoms with Crippen molar-refractivity contribution < 1.29 is 19.1 Å². The molecule has 1 aliphatic rings. The number of nitrogens with two attached hydrogens (primary N) is 1. The van der Waals surface area contributed by atoms with Gasteiger partial charge in [-0.05, 0) is 25.0 Å². The predicted octanol–water partition coefficient (Wildman–Crippen LogP) is 1.49. The first-order valence-corrected chi connectivity index (χ1v) is 6.99. The maximum absolute atomic E-state index is 11.9. The molecule has 1 amide bonds. The van der Waals surface area contributed by atoms with Crippen LogP contribution < -0.4 is 15.8 Å². The molecule has 1 fully saturated rings. The molecule has 114 valence electrons. The minimum Gasteiger partial charge on any atom is -0.497 e. The molecule has 6 nitrogen and oxygen atoms in total. The molecule has 0 atom stereocenters. The number of nitrogens with one attached hydrogen (secondary N) is 1. The molecule has 0 heterocycles. The average molecular weight is 292 g/mol. The Morgan fingerprint density at radius 2 is 2.00 bits per heavy atom. The number of methoxy groups -OCH3 is 1. The highest BCUT2D eigenvalue weighted by Gasteiger charge is 2.18. The summed E-state index contributed by atoms with van der Waals surface area (Å²) in [5.41, 5.74) is 6.33. The van der Waals surface area contributed by atoms with E-state index >= 15 is 0 Å². The van der Waals surface area contributed by atoms with E-state index < -0.39 is 5.97 Å². The molecular formula is C15H20N2O4. The molecule has 6 heteroatoms. The summed E-state index contributed by atoms with van der Waals surface area (Å²) in [4.78, 5) is 23.6. The van der Waals surface area contributed by atoms with Gasteiger partial charge < -0.3 is 20.5 Å². The zero-order valence-corrected chi connectivity index (χ0v) is 12.1. The van der Waals surface area contributed by atoms with Gasteiger partial charge in [0.1, 0.15) is 5.75 Å². The highest BCUT2D eigenvalue weighted by molar-refractivity contribution is 5.92. The van der Waals surface area contributed by atoms with Crippen LogP contribution in [0.2, 0.25) is 0 Å². The van der Waals surface area contributed by atoms with Crippen LogP contribution in [0.1, 0.15) is 36.0 Å². The van der Waals surface area contributed by atoms with Gasteiger partial charge in [-0.1, -0.05) is 12.8 Å². The molecule has 0 bridgehead atoms. The van der Waals surface area contributed by atoms with Crippen LogP contribution in [0.15, 0.2) is 18.2 Å². The third-order valence-electron chi connectivity index (χ3n) is 3.45. The monoisotopic (exact) mass is 292 g/mol. The van der Waals surface area contributed by atoms with E-state index in [0.717, 1.165) is 25.7 Å². The van der Waals surface area contributed by atoms with Crippen molar-refractivity contribution in [3.8, 4) is 5.75 Å². The number of nitrogen functional groups attached to an aromatic ring is 1. The van der Waals surface area contributed by atoms with E-state index in [1.165, 1.54) is 19.2 Å². The Labute approximate surface area is 123 Å². The number of benzene rings is 1. The van der Waals surface area contributed by atoms with Gasteiger partial charge in [0.25, 0.3) is 5.91 Å². The minimum atomic E-state index is -0.595. The highest BCUT2D eigenvalue weighted by Crippen LogP contribution is 2.19. The van der Waals surface area contributed by atoms with Crippen molar-refractivity contribution in [2.75, 3.05) is 19.5 Å². The van der Waals surface area contributed by atoms with Crippen molar-refractivity contribution in [1.82, 2.24) is 5.32 Å². The van der Waals surface area contributed by atoms with Gasteiger partial charge in [-0.15, -0.1) is 0 Å². The van der Waals surface area contributed by atoms with Crippen molar-refractivity contribution in [3.63, 3.8) is 0 Å². The minimum absolute atomic E-state index is 0.212. The lowest BCUT2D eigenvalue weighted by molar-refractivity contribution is -0.124. The number of carbonyl (C=O) groups excluding carboxylic acids is 2. The molecule has 0 radical (unpaired) electrons. The van der Waals surface area contributed by atoms with E-state index in [4.69, 9.17) is 15.2 Å². The molecule has 0 aromatic heterocycles. The number of esters is 1. The van der Waals surface area contributed by atoms with E-state index in [2.05, 4.69) is 5.32 Å². The summed E-state index contributed by atoms with van der Waals surface area (Å²) in [5.74, 6) is -0.398. The molecule has 0 aliphatic heterocycles. The molecule has 1 saturated carbocycles. The molecule has 2 rings (SSSR count). The standard InChI is InChI=1S/C15H20N2O4/c1-20-13-7-10(6-11(16)8-13)15(19)21-9-14(18)17-12-4-2-3-5-12/h6-8,12H,2-5,9,16H2,1H3,(H,17,18). The predicted molar refractivity (Wildman–Crippen MR) is 78.1 cm³/mol. The van der Waals surface area contributed by atoms with Gasteiger partial charge in [0.15, 0.2) is 6.61 Å². The molecule has 3 N–H and O–H groups in total. The molecule has 0 saturated heterocycles. The Hall–Kier alpha value is -2.24. The summed E-state index contributed by atoms with van der Waals surface area (Å²) in [5, 5.41) is 2.85. The van der Waals surface area contributed by atoms with E-state index in [-0.39, 0.29) is 24.1 Å². The normalized spacial score (nSPS) is 14.7. The zero-order valence-electron chi connectivity index (χ0n) is 12.1. The van der Waals surface area contributed by atoms with E-state index in [1.54, 1.807) is 6.07 Å². The summed E-state index contributed by atoms with van der Waals surface area (Å²) in [6.07, 6.45) is 4.25. The number of carbonyl (C=O) groups is 2. The largest absolute Gasteiger partial charge is 0.497 e. The average Bonchev–Trinajstić information content (AvgIpc) is 2.96. The maximum Gasteiger partial charge on any atom is 0.338 e. The molecule has 21 heavy (non-hydrogen) atoms. The van der Waals surface area contributed by atoms with Crippen LogP contribution in [0.25, 0.3) is 0 Å². The van der Waals surface area contributed by atoms with Crippen LogP contribution in [0.5, 0.6) is 5.75 Å². The van der Waals surface area contributed by atoms with Crippen molar-refractivity contribution in [3.05, 3.63) is 23.8 Å². The molecule has 1 aromatic rings. The quantitative estimate of drug-likeness (QED) is 0.634. The molecule has 1 aromatic carbocycles. The molecule has 0 unspecified atom stereocenters. The summed E-state index contributed by atoms with van der Waals surface area (Å²) < 4.78 is 10.0. The number of anilines is 1. The van der Waals surface area contributed by atoms with Gasteiger partial charge in [-0.3, -0.25) is 4.79 Å². The number of ether oxygens (including phenoxy) is 2. The fraction of sp³-hybridized carbons (Fsp3) is 0.467. The maximum atomic E-state index is 11.9. The smallest absolute Gasteiger partial charge is 0.338 e. The van der Waals surface area contributed by atoms with Gasteiger partial charge in [-0.2, -0.15) is 0 Å². The fourth-order valence-corrected chi connectivity index (χ4v) is 2.41. The second-order valence-corrected chi connectivity index (χ2v) is 5.12. The number of hydrogen-bond donors (Lipinski definition) is 2. The van der Waals surface area contributed by atoms with Crippen LogP contribution in [-0.2, 0) is 9.53 Å². The Morgan fingerprint density at radius 1 is 1.29 bits per heavy atom. The van der Waals surface area contributed by atoms with Crippen LogP contribution >= 0.6 is 0 Å². The zero-order chi connectivity index (χ0) is 15.2. The van der Waals surface area contributed by atoms with Gasteiger partial charge in [0, 0.05) is 17.8 Å². The SMILES string of the molecule is COc1cc(N)cc(C(=O)OCC(=O)NC2CCCC2)c1.